The molecule has 0 bridgehead atoms. The average molecular weight is 265 g/mol. The Kier molecular flexibility index (Phi) is 6.32. The third kappa shape index (κ3) is 4.84. The Balaban J connectivity index is 2.88. The predicted octanol–water partition coefficient (Wildman–Crippen LogP) is 3.53. The molecule has 0 aliphatic heterocycles. The zero-order valence-electron chi connectivity index (χ0n) is 12.7. The van der Waals surface area contributed by atoms with Crippen molar-refractivity contribution in [2.45, 2.75) is 52.9 Å². The first kappa shape index (κ1) is 16.0. The molecule has 2 unspecified atom stereocenters. The van der Waals surface area contributed by atoms with E-state index in [1.807, 2.05) is 45.0 Å². The van der Waals surface area contributed by atoms with Crippen molar-refractivity contribution in [2.75, 3.05) is 6.61 Å². The highest BCUT2D eigenvalue weighted by Gasteiger charge is 2.23. The molecule has 0 fully saturated rings. The van der Waals surface area contributed by atoms with Gasteiger partial charge in [0.2, 0.25) is 0 Å². The maximum atomic E-state index is 6.35. The minimum absolute atomic E-state index is 0.0271. The van der Waals surface area contributed by atoms with Crippen LogP contribution in [0.15, 0.2) is 24.3 Å². The average Bonchev–Trinajstić information content (AvgIpc) is 2.34. The number of hydrogen-bond donors (Lipinski definition) is 1. The molecule has 0 saturated carbocycles. The van der Waals surface area contributed by atoms with Gasteiger partial charge in [-0.3, -0.25) is 0 Å². The van der Waals surface area contributed by atoms with Gasteiger partial charge in [0.25, 0.3) is 0 Å². The Hall–Kier alpha value is -1.06. The third-order valence-electron chi connectivity index (χ3n) is 2.98. The first-order valence-corrected chi connectivity index (χ1v) is 7.09. The van der Waals surface area contributed by atoms with E-state index in [1.54, 1.807) is 0 Å². The van der Waals surface area contributed by atoms with Crippen molar-refractivity contribution in [3.05, 3.63) is 29.8 Å². The molecule has 1 rings (SSSR count). The Bertz CT molecular complexity index is 377. The summed E-state index contributed by atoms with van der Waals surface area (Å²) in [5.41, 5.74) is 7.41. The van der Waals surface area contributed by atoms with E-state index >= 15 is 0 Å². The van der Waals surface area contributed by atoms with E-state index in [2.05, 4.69) is 13.8 Å². The van der Waals surface area contributed by atoms with Crippen LogP contribution in [-0.2, 0) is 4.74 Å². The van der Waals surface area contributed by atoms with Gasteiger partial charge in [0.15, 0.2) is 0 Å². The quantitative estimate of drug-likeness (QED) is 0.820. The summed E-state index contributed by atoms with van der Waals surface area (Å²) in [5, 5.41) is 0. The van der Waals surface area contributed by atoms with Crippen molar-refractivity contribution in [1.29, 1.82) is 0 Å². The number of hydrogen-bond acceptors (Lipinski definition) is 3. The van der Waals surface area contributed by atoms with Gasteiger partial charge in [0, 0.05) is 6.61 Å². The molecule has 108 valence electrons. The van der Waals surface area contributed by atoms with Crippen molar-refractivity contribution in [3.63, 3.8) is 0 Å². The van der Waals surface area contributed by atoms with Gasteiger partial charge in [-0.05, 0) is 44.4 Å². The summed E-state index contributed by atoms with van der Waals surface area (Å²) in [6, 6.07) is 7.86. The smallest absolute Gasteiger partial charge is 0.120 e. The van der Waals surface area contributed by atoms with Crippen LogP contribution in [0.25, 0.3) is 0 Å². The fourth-order valence-electron chi connectivity index (χ4n) is 2.16. The van der Waals surface area contributed by atoms with E-state index in [1.165, 1.54) is 0 Å². The fraction of sp³-hybridized carbons (Fsp3) is 0.625. The second kappa shape index (κ2) is 7.51. The maximum Gasteiger partial charge on any atom is 0.120 e. The van der Waals surface area contributed by atoms with E-state index < -0.39 is 0 Å². The minimum atomic E-state index is -0.129. The fourth-order valence-corrected chi connectivity index (χ4v) is 2.16. The van der Waals surface area contributed by atoms with Crippen molar-refractivity contribution >= 4 is 0 Å². The molecule has 3 heteroatoms. The molecule has 1 aromatic rings. The number of nitrogens with two attached hydrogens (primary N) is 1. The summed E-state index contributed by atoms with van der Waals surface area (Å²) in [4.78, 5) is 0. The zero-order valence-corrected chi connectivity index (χ0v) is 12.7. The van der Waals surface area contributed by atoms with Crippen LogP contribution in [0.4, 0.5) is 0 Å². The lowest BCUT2D eigenvalue weighted by Gasteiger charge is -2.27. The maximum absolute atomic E-state index is 6.35. The molecule has 3 nitrogen and oxygen atoms in total. The first-order valence-electron chi connectivity index (χ1n) is 7.09. The molecular formula is C16H27NO2. The van der Waals surface area contributed by atoms with Crippen molar-refractivity contribution in [1.82, 2.24) is 0 Å². The van der Waals surface area contributed by atoms with E-state index in [9.17, 15) is 0 Å². The molecule has 0 aliphatic rings. The zero-order chi connectivity index (χ0) is 14.4. The van der Waals surface area contributed by atoms with Gasteiger partial charge < -0.3 is 15.2 Å². The van der Waals surface area contributed by atoms with Gasteiger partial charge in [-0.25, -0.2) is 0 Å². The molecule has 0 aliphatic carbocycles. The molecular weight excluding hydrogens is 238 g/mol. The first-order chi connectivity index (χ1) is 8.95. The second-order valence-electron chi connectivity index (χ2n) is 5.43. The molecule has 0 spiro atoms. The number of rotatable bonds is 7. The minimum Gasteiger partial charge on any atom is -0.491 e. The Labute approximate surface area is 117 Å². The van der Waals surface area contributed by atoms with Crippen LogP contribution in [0.2, 0.25) is 0 Å². The highest BCUT2D eigenvalue weighted by atomic mass is 16.5. The highest BCUT2D eigenvalue weighted by molar-refractivity contribution is 5.31. The lowest BCUT2D eigenvalue weighted by atomic mass is 9.94. The van der Waals surface area contributed by atoms with Crippen LogP contribution in [0.1, 0.15) is 46.2 Å². The molecule has 19 heavy (non-hydrogen) atoms. The SMILES string of the molecule is CCOC(C(C)C)C(N)c1cccc(OC(C)C)c1. The van der Waals surface area contributed by atoms with E-state index in [-0.39, 0.29) is 18.2 Å². The molecule has 0 aromatic heterocycles. The third-order valence-corrected chi connectivity index (χ3v) is 2.98. The van der Waals surface area contributed by atoms with E-state index in [0.717, 1.165) is 11.3 Å². The van der Waals surface area contributed by atoms with Crippen LogP contribution >= 0.6 is 0 Å². The molecule has 1 aromatic carbocycles. The summed E-state index contributed by atoms with van der Waals surface area (Å²) in [6.45, 7) is 11.0. The number of ether oxygens (including phenoxy) is 2. The highest BCUT2D eigenvalue weighted by Crippen LogP contribution is 2.25. The van der Waals surface area contributed by atoms with E-state index in [0.29, 0.717) is 12.5 Å². The van der Waals surface area contributed by atoms with Crippen molar-refractivity contribution < 1.29 is 9.47 Å². The van der Waals surface area contributed by atoms with E-state index in [4.69, 9.17) is 15.2 Å². The van der Waals surface area contributed by atoms with Gasteiger partial charge in [-0.15, -0.1) is 0 Å². The van der Waals surface area contributed by atoms with Gasteiger partial charge in [-0.2, -0.15) is 0 Å². The Morgan fingerprint density at radius 1 is 1.16 bits per heavy atom. The van der Waals surface area contributed by atoms with Crippen LogP contribution in [0, 0.1) is 5.92 Å². The lowest BCUT2D eigenvalue weighted by Crippen LogP contribution is -2.33. The standard InChI is InChI=1S/C16H27NO2/c1-6-18-16(11(2)3)15(17)13-8-7-9-14(10-13)19-12(4)5/h7-12,15-16H,6,17H2,1-5H3. The second-order valence-corrected chi connectivity index (χ2v) is 5.43. The van der Waals surface area contributed by atoms with Crippen LogP contribution < -0.4 is 10.5 Å². The molecule has 0 amide bonds. The van der Waals surface area contributed by atoms with Crippen LogP contribution in [0.3, 0.4) is 0 Å². The summed E-state index contributed by atoms with van der Waals surface area (Å²) >= 11 is 0. The summed E-state index contributed by atoms with van der Waals surface area (Å²) in [7, 11) is 0. The summed E-state index contributed by atoms with van der Waals surface area (Å²) in [6.07, 6.45) is 0.193. The van der Waals surface area contributed by atoms with Crippen molar-refractivity contribution in [2.24, 2.45) is 11.7 Å². The molecule has 0 heterocycles. The lowest BCUT2D eigenvalue weighted by molar-refractivity contribution is 0.0121. The van der Waals surface area contributed by atoms with Gasteiger partial charge in [0.1, 0.15) is 5.75 Å². The molecule has 2 atom stereocenters. The molecule has 2 N–H and O–H groups in total. The molecule has 0 saturated heterocycles. The van der Waals surface area contributed by atoms with Crippen molar-refractivity contribution in [3.8, 4) is 5.75 Å². The predicted molar refractivity (Wildman–Crippen MR) is 79.4 cm³/mol. The Morgan fingerprint density at radius 3 is 2.37 bits per heavy atom. The van der Waals surface area contributed by atoms with Gasteiger partial charge in [0.05, 0.1) is 18.2 Å². The summed E-state index contributed by atoms with van der Waals surface area (Å²) in [5.74, 6) is 1.24. The Morgan fingerprint density at radius 2 is 1.84 bits per heavy atom. The number of benzene rings is 1. The van der Waals surface area contributed by atoms with Gasteiger partial charge in [-0.1, -0.05) is 26.0 Å². The summed E-state index contributed by atoms with van der Waals surface area (Å²) < 4.78 is 11.5. The normalized spacial score (nSPS) is 14.7. The van der Waals surface area contributed by atoms with Gasteiger partial charge >= 0.3 is 0 Å². The van der Waals surface area contributed by atoms with Crippen LogP contribution in [0.5, 0.6) is 5.75 Å². The topological polar surface area (TPSA) is 44.5 Å². The van der Waals surface area contributed by atoms with Crippen LogP contribution in [-0.4, -0.2) is 18.8 Å². The largest absolute Gasteiger partial charge is 0.491 e. The molecule has 0 radical (unpaired) electrons. The monoisotopic (exact) mass is 265 g/mol.